The molecule has 0 saturated heterocycles. The van der Waals surface area contributed by atoms with E-state index in [-0.39, 0.29) is 0 Å². The number of hydrogen-bond donors (Lipinski definition) is 1. The van der Waals surface area contributed by atoms with Crippen molar-refractivity contribution in [2.45, 2.75) is 0 Å². The van der Waals surface area contributed by atoms with Crippen molar-refractivity contribution in [3.05, 3.63) is 27.8 Å². The van der Waals surface area contributed by atoms with Gasteiger partial charge < -0.3 is 0 Å². The Labute approximate surface area is 70.1 Å². The average molecular weight is 214 g/mol. The topological polar surface area (TPSA) is 15.8 Å². The van der Waals surface area contributed by atoms with Crippen LogP contribution in [0.25, 0.3) is 10.2 Å². The predicted molar refractivity (Wildman–Crippen MR) is 45.2 cm³/mol. The van der Waals surface area contributed by atoms with E-state index in [9.17, 15) is 0 Å². The quantitative estimate of drug-likeness (QED) is 0.645. The monoisotopic (exact) mass is 215 g/mol. The number of H-pyrrole nitrogens is 1. The molecule has 0 bridgehead atoms. The Morgan fingerprint density at radius 1 is 1.30 bits per heavy atom. The molecule has 2 aromatic rings. The van der Waals surface area contributed by atoms with Gasteiger partial charge in [-0.3, -0.25) is 0 Å². The first-order valence-corrected chi connectivity index (χ1v) is 4.61. The second kappa shape index (κ2) is 2.35. The molecular weight excluding hydrogens is 209 g/mol. The number of aromatic nitrogens is 1. The standard InChI is InChI=1S/C7H5NSSe/c10-7-8-5-3-1-2-4-6(5)9-7/h1-4H,(H,8,10). The molecule has 0 fully saturated rings. The molecule has 0 aliphatic rings. The van der Waals surface area contributed by atoms with Crippen LogP contribution in [0.15, 0.2) is 24.3 Å². The van der Waals surface area contributed by atoms with Crippen molar-refractivity contribution >= 4 is 37.1 Å². The van der Waals surface area contributed by atoms with E-state index in [4.69, 9.17) is 0 Å². The van der Waals surface area contributed by atoms with Crippen molar-refractivity contribution < 1.29 is 0 Å². The summed E-state index contributed by atoms with van der Waals surface area (Å²) in [6.07, 6.45) is 0. The number of para-hydroxylation sites is 1. The van der Waals surface area contributed by atoms with Crippen molar-refractivity contribution in [3.63, 3.8) is 0 Å². The number of fused-ring (bicyclic) bond motifs is 1. The Kier molecular flexibility index (Phi) is 1.49. The maximum absolute atomic E-state index is 3.22. The third kappa shape index (κ3) is 0.966. The summed E-state index contributed by atoms with van der Waals surface area (Å²) in [6.45, 7) is 0. The molecule has 50 valence electrons. The Morgan fingerprint density at radius 3 is 2.90 bits per heavy atom. The van der Waals surface area contributed by atoms with Crippen molar-refractivity contribution in [1.82, 2.24) is 4.98 Å². The van der Waals surface area contributed by atoms with Gasteiger partial charge >= 0.3 is 69.9 Å². The minimum atomic E-state index is 1.14. The molecule has 0 unspecified atom stereocenters. The molecule has 0 aliphatic heterocycles. The van der Waals surface area contributed by atoms with Gasteiger partial charge in [0.05, 0.1) is 0 Å². The number of nitrogens with one attached hydrogen (secondary N) is 1. The molecule has 0 aliphatic carbocycles. The molecule has 0 saturated carbocycles. The Morgan fingerprint density at radius 2 is 2.10 bits per heavy atom. The molecule has 1 aromatic carbocycles. The van der Waals surface area contributed by atoms with E-state index in [1.807, 2.05) is 12.1 Å². The van der Waals surface area contributed by atoms with E-state index in [0.717, 1.165) is 3.51 Å². The van der Waals surface area contributed by atoms with Crippen LogP contribution in [-0.2, 0) is 0 Å². The molecule has 0 radical (unpaired) electrons. The molecule has 0 spiro atoms. The van der Waals surface area contributed by atoms with Crippen LogP contribution in [0.3, 0.4) is 0 Å². The van der Waals surface area contributed by atoms with E-state index in [2.05, 4.69) is 32.7 Å². The summed E-state index contributed by atoms with van der Waals surface area (Å²) in [7, 11) is 0. The first-order chi connectivity index (χ1) is 4.86. The zero-order valence-corrected chi connectivity index (χ0v) is 7.66. The summed E-state index contributed by atoms with van der Waals surface area (Å²) >= 11 is 4.70. The summed E-state index contributed by atoms with van der Waals surface area (Å²) < 4.78 is 2.44. The van der Waals surface area contributed by atoms with Crippen LogP contribution >= 0.6 is 11.3 Å². The van der Waals surface area contributed by atoms with E-state index >= 15 is 0 Å². The Hall–Kier alpha value is -0.371. The molecule has 1 aromatic heterocycles. The van der Waals surface area contributed by atoms with E-state index < -0.39 is 0 Å². The first-order valence-electron chi connectivity index (χ1n) is 2.94. The summed E-state index contributed by atoms with van der Waals surface area (Å²) in [6, 6.07) is 8.26. The fourth-order valence-corrected chi connectivity index (χ4v) is 2.43. The molecule has 1 heterocycles. The van der Waals surface area contributed by atoms with Crippen molar-refractivity contribution in [3.8, 4) is 0 Å². The van der Waals surface area contributed by atoms with Gasteiger partial charge in [0.25, 0.3) is 0 Å². The van der Waals surface area contributed by atoms with Gasteiger partial charge in [0, 0.05) is 0 Å². The fourth-order valence-electron chi connectivity index (χ4n) is 0.894. The van der Waals surface area contributed by atoms with Gasteiger partial charge in [0.15, 0.2) is 0 Å². The molecule has 0 amide bonds. The summed E-state index contributed by atoms with van der Waals surface area (Å²) in [4.78, 5) is 3.22. The van der Waals surface area contributed by atoms with Gasteiger partial charge in [-0.25, -0.2) is 0 Å². The van der Waals surface area contributed by atoms with Gasteiger partial charge in [0.2, 0.25) is 0 Å². The third-order valence-corrected chi connectivity index (χ3v) is 2.93. The van der Waals surface area contributed by atoms with Crippen molar-refractivity contribution in [2.75, 3.05) is 0 Å². The predicted octanol–water partition coefficient (Wildman–Crippen LogP) is 1.93. The summed E-state index contributed by atoms with van der Waals surface area (Å²) in [5, 5.41) is 0. The maximum atomic E-state index is 3.22. The van der Waals surface area contributed by atoms with Gasteiger partial charge in [-0.05, 0) is 0 Å². The molecule has 3 heteroatoms. The van der Waals surface area contributed by atoms with Gasteiger partial charge in [0.1, 0.15) is 0 Å². The number of benzene rings is 1. The number of aromatic amines is 1. The molecule has 2 rings (SSSR count). The Bertz CT molecular complexity index is 365. The molecule has 0 atom stereocenters. The fraction of sp³-hybridized carbons (Fsp3) is 0. The van der Waals surface area contributed by atoms with Gasteiger partial charge in [-0.2, -0.15) is 0 Å². The van der Waals surface area contributed by atoms with Crippen LogP contribution in [-0.4, -0.2) is 20.6 Å². The number of thiazole rings is 1. The summed E-state index contributed by atoms with van der Waals surface area (Å²) in [5.41, 5.74) is 1.21. The normalized spacial score (nSPS) is 10.4. The SMILES string of the molecule is [Se]=c1[nH]c2ccccc2s1. The van der Waals surface area contributed by atoms with Crippen molar-refractivity contribution in [2.24, 2.45) is 0 Å². The van der Waals surface area contributed by atoms with Gasteiger partial charge in [-0.1, -0.05) is 0 Å². The minimum absolute atomic E-state index is 1.14. The van der Waals surface area contributed by atoms with Crippen LogP contribution < -0.4 is 0 Å². The van der Waals surface area contributed by atoms with Crippen molar-refractivity contribution in [1.29, 1.82) is 0 Å². The molecule has 1 nitrogen and oxygen atoms in total. The average Bonchev–Trinajstić information content (AvgIpc) is 2.27. The van der Waals surface area contributed by atoms with Crippen LogP contribution in [0, 0.1) is 3.51 Å². The second-order valence-corrected chi connectivity index (χ2v) is 4.50. The van der Waals surface area contributed by atoms with Crippen LogP contribution in [0.1, 0.15) is 0 Å². The van der Waals surface area contributed by atoms with Crippen LogP contribution in [0.4, 0.5) is 0 Å². The number of rotatable bonds is 0. The van der Waals surface area contributed by atoms with E-state index in [1.165, 1.54) is 10.2 Å². The zero-order valence-electron chi connectivity index (χ0n) is 5.13. The molecule has 10 heavy (non-hydrogen) atoms. The Balaban J connectivity index is 3.01. The van der Waals surface area contributed by atoms with E-state index in [1.54, 1.807) is 11.3 Å². The molecular formula is C7H5NSSe. The van der Waals surface area contributed by atoms with Gasteiger partial charge in [-0.15, -0.1) is 0 Å². The van der Waals surface area contributed by atoms with Crippen LogP contribution in [0.2, 0.25) is 0 Å². The molecule has 1 N–H and O–H groups in total. The van der Waals surface area contributed by atoms with E-state index in [0.29, 0.717) is 0 Å². The summed E-state index contributed by atoms with van der Waals surface area (Å²) in [5.74, 6) is 0. The second-order valence-electron chi connectivity index (χ2n) is 2.01. The first kappa shape index (κ1) is 6.35. The third-order valence-electron chi connectivity index (χ3n) is 1.33. The zero-order chi connectivity index (χ0) is 6.97. The van der Waals surface area contributed by atoms with Crippen LogP contribution in [0.5, 0.6) is 0 Å². The number of hydrogen-bond acceptors (Lipinski definition) is 1.